The van der Waals surface area contributed by atoms with Gasteiger partial charge in [0.1, 0.15) is 11.9 Å². The van der Waals surface area contributed by atoms with Crippen LogP contribution in [0.5, 0.6) is 0 Å². The van der Waals surface area contributed by atoms with Gasteiger partial charge >= 0.3 is 0 Å². The van der Waals surface area contributed by atoms with E-state index in [0.717, 1.165) is 0 Å². The van der Waals surface area contributed by atoms with Crippen LogP contribution in [0.1, 0.15) is 17.2 Å². The molecule has 0 saturated heterocycles. The topological polar surface area (TPSA) is 33.1 Å². The zero-order valence-electron chi connectivity index (χ0n) is 8.27. The molecule has 2 aromatic rings. The molecule has 2 nitrogen and oxygen atoms in total. The molecule has 1 aromatic heterocycles. The summed E-state index contributed by atoms with van der Waals surface area (Å²) in [6.45, 7) is 0. The number of benzene rings is 1. The second-order valence-corrected chi connectivity index (χ2v) is 4.21. The van der Waals surface area contributed by atoms with E-state index in [0.29, 0.717) is 15.6 Å². The maximum absolute atomic E-state index is 12.9. The molecule has 82 valence electrons. The summed E-state index contributed by atoms with van der Waals surface area (Å²) in [5.41, 5.74) is 1.30. The number of pyridine rings is 1. The van der Waals surface area contributed by atoms with Crippen molar-refractivity contribution in [3.05, 3.63) is 64.1 Å². The molecule has 0 saturated carbocycles. The Hall–Kier alpha value is -1.26. The first-order valence-electron chi connectivity index (χ1n) is 4.71. The molecule has 0 aliphatic heterocycles. The molecule has 0 fully saturated rings. The van der Waals surface area contributed by atoms with Gasteiger partial charge in [0.05, 0.1) is 0 Å². The van der Waals surface area contributed by atoms with Gasteiger partial charge in [0, 0.05) is 22.4 Å². The zero-order valence-corrected chi connectivity index (χ0v) is 9.86. The van der Waals surface area contributed by atoms with E-state index in [1.165, 1.54) is 12.1 Å². The maximum atomic E-state index is 12.9. The minimum atomic E-state index is -0.802. The SMILES string of the molecule is OC(c1cccnc1)c1ccc(F)cc1Br. The second-order valence-electron chi connectivity index (χ2n) is 3.35. The van der Waals surface area contributed by atoms with Crippen LogP contribution in [0, 0.1) is 5.82 Å². The van der Waals surface area contributed by atoms with Crippen molar-refractivity contribution in [1.29, 1.82) is 0 Å². The number of aliphatic hydroxyl groups is 1. The van der Waals surface area contributed by atoms with Gasteiger partial charge in [-0.15, -0.1) is 0 Å². The fourth-order valence-electron chi connectivity index (χ4n) is 1.44. The van der Waals surface area contributed by atoms with Crippen molar-refractivity contribution in [2.45, 2.75) is 6.10 Å². The van der Waals surface area contributed by atoms with Crippen LogP contribution in [0.4, 0.5) is 4.39 Å². The molecule has 1 N–H and O–H groups in total. The largest absolute Gasteiger partial charge is 0.384 e. The van der Waals surface area contributed by atoms with Crippen molar-refractivity contribution in [1.82, 2.24) is 4.98 Å². The Labute approximate surface area is 101 Å². The normalized spacial score (nSPS) is 12.4. The van der Waals surface area contributed by atoms with Crippen LogP contribution >= 0.6 is 15.9 Å². The molecular weight excluding hydrogens is 273 g/mol. The Kier molecular flexibility index (Phi) is 3.31. The predicted molar refractivity (Wildman–Crippen MR) is 62.4 cm³/mol. The predicted octanol–water partition coefficient (Wildman–Crippen LogP) is 3.06. The van der Waals surface area contributed by atoms with E-state index in [2.05, 4.69) is 20.9 Å². The third-order valence-electron chi connectivity index (χ3n) is 2.26. The lowest BCUT2D eigenvalue weighted by molar-refractivity contribution is 0.219. The van der Waals surface area contributed by atoms with Crippen molar-refractivity contribution < 1.29 is 9.50 Å². The summed E-state index contributed by atoms with van der Waals surface area (Å²) in [6.07, 6.45) is 2.42. The monoisotopic (exact) mass is 281 g/mol. The van der Waals surface area contributed by atoms with E-state index < -0.39 is 6.10 Å². The van der Waals surface area contributed by atoms with E-state index >= 15 is 0 Å². The fourth-order valence-corrected chi connectivity index (χ4v) is 2.01. The molecule has 0 spiro atoms. The molecule has 2 rings (SSSR count). The molecule has 1 unspecified atom stereocenters. The highest BCUT2D eigenvalue weighted by atomic mass is 79.9. The zero-order chi connectivity index (χ0) is 11.5. The van der Waals surface area contributed by atoms with Crippen LogP contribution in [-0.4, -0.2) is 10.1 Å². The van der Waals surface area contributed by atoms with Crippen LogP contribution in [0.15, 0.2) is 47.2 Å². The van der Waals surface area contributed by atoms with Crippen LogP contribution < -0.4 is 0 Å². The van der Waals surface area contributed by atoms with E-state index in [1.807, 2.05) is 0 Å². The van der Waals surface area contributed by atoms with Crippen LogP contribution in [0.3, 0.4) is 0 Å². The average Bonchev–Trinajstić information content (AvgIpc) is 2.29. The first-order valence-corrected chi connectivity index (χ1v) is 5.50. The maximum Gasteiger partial charge on any atom is 0.124 e. The number of hydrogen-bond acceptors (Lipinski definition) is 2. The van der Waals surface area contributed by atoms with Gasteiger partial charge in [-0.05, 0) is 23.8 Å². The Morgan fingerprint density at radius 2 is 2.12 bits per heavy atom. The lowest BCUT2D eigenvalue weighted by atomic mass is 10.0. The number of aliphatic hydroxyl groups excluding tert-OH is 1. The van der Waals surface area contributed by atoms with Gasteiger partial charge < -0.3 is 5.11 Å². The summed E-state index contributed by atoms with van der Waals surface area (Å²) in [7, 11) is 0. The lowest BCUT2D eigenvalue weighted by Crippen LogP contribution is -2.01. The van der Waals surface area contributed by atoms with Crippen molar-refractivity contribution in [3.8, 4) is 0 Å². The molecule has 0 amide bonds. The molecule has 4 heteroatoms. The third-order valence-corrected chi connectivity index (χ3v) is 2.94. The quantitative estimate of drug-likeness (QED) is 0.918. The summed E-state index contributed by atoms with van der Waals surface area (Å²) in [5, 5.41) is 10.1. The smallest absolute Gasteiger partial charge is 0.124 e. The van der Waals surface area contributed by atoms with Crippen LogP contribution in [-0.2, 0) is 0 Å². The minimum absolute atomic E-state index is 0.339. The minimum Gasteiger partial charge on any atom is -0.384 e. The summed E-state index contributed by atoms with van der Waals surface area (Å²) in [6, 6.07) is 7.72. The number of aromatic nitrogens is 1. The van der Waals surface area contributed by atoms with Gasteiger partial charge in [-0.25, -0.2) is 4.39 Å². The van der Waals surface area contributed by atoms with Crippen molar-refractivity contribution in [2.24, 2.45) is 0 Å². The second kappa shape index (κ2) is 4.72. The van der Waals surface area contributed by atoms with Crippen molar-refractivity contribution in [3.63, 3.8) is 0 Å². The molecular formula is C12H9BrFNO. The van der Waals surface area contributed by atoms with Crippen LogP contribution in [0.2, 0.25) is 0 Å². The molecule has 0 radical (unpaired) electrons. The summed E-state index contributed by atoms with van der Waals surface area (Å²) < 4.78 is 13.4. The Balaban J connectivity index is 2.38. The number of hydrogen-bond donors (Lipinski definition) is 1. The van der Waals surface area contributed by atoms with Crippen LogP contribution in [0.25, 0.3) is 0 Å². The Morgan fingerprint density at radius 1 is 1.31 bits per heavy atom. The van der Waals surface area contributed by atoms with Gasteiger partial charge in [-0.2, -0.15) is 0 Å². The highest BCUT2D eigenvalue weighted by Crippen LogP contribution is 2.28. The molecule has 1 atom stereocenters. The van der Waals surface area contributed by atoms with Gasteiger partial charge in [-0.3, -0.25) is 4.98 Å². The number of halogens is 2. The number of nitrogens with zero attached hydrogens (tertiary/aromatic N) is 1. The van der Waals surface area contributed by atoms with E-state index in [1.54, 1.807) is 30.6 Å². The van der Waals surface area contributed by atoms with Gasteiger partial charge in [-0.1, -0.05) is 28.1 Å². The summed E-state index contributed by atoms with van der Waals surface area (Å²) in [4.78, 5) is 3.93. The van der Waals surface area contributed by atoms with E-state index in [-0.39, 0.29) is 5.82 Å². The van der Waals surface area contributed by atoms with E-state index in [9.17, 15) is 9.50 Å². The third kappa shape index (κ3) is 2.28. The van der Waals surface area contributed by atoms with Gasteiger partial charge in [0.25, 0.3) is 0 Å². The molecule has 1 heterocycles. The Morgan fingerprint density at radius 3 is 2.75 bits per heavy atom. The first kappa shape index (κ1) is 11.2. The average molecular weight is 282 g/mol. The summed E-state index contributed by atoms with van der Waals surface area (Å²) in [5.74, 6) is -0.339. The van der Waals surface area contributed by atoms with Crippen molar-refractivity contribution in [2.75, 3.05) is 0 Å². The van der Waals surface area contributed by atoms with E-state index in [4.69, 9.17) is 0 Å². The first-order chi connectivity index (χ1) is 7.68. The molecule has 1 aromatic carbocycles. The van der Waals surface area contributed by atoms with Gasteiger partial charge in [0.2, 0.25) is 0 Å². The van der Waals surface area contributed by atoms with Crippen molar-refractivity contribution >= 4 is 15.9 Å². The number of rotatable bonds is 2. The molecule has 0 aliphatic rings. The highest BCUT2D eigenvalue weighted by molar-refractivity contribution is 9.10. The lowest BCUT2D eigenvalue weighted by Gasteiger charge is -2.12. The molecule has 16 heavy (non-hydrogen) atoms. The fraction of sp³-hybridized carbons (Fsp3) is 0.0833. The molecule has 0 aliphatic carbocycles. The highest BCUT2D eigenvalue weighted by Gasteiger charge is 2.13. The van der Waals surface area contributed by atoms with Gasteiger partial charge in [0.15, 0.2) is 0 Å². The summed E-state index contributed by atoms with van der Waals surface area (Å²) >= 11 is 3.22. The standard InChI is InChI=1S/C12H9BrFNO/c13-11-6-9(14)3-4-10(11)12(16)8-2-1-5-15-7-8/h1-7,12,16H. The Bertz CT molecular complexity index is 490. The molecule has 0 bridgehead atoms.